The summed E-state index contributed by atoms with van der Waals surface area (Å²) < 4.78 is 31.9. The van der Waals surface area contributed by atoms with Crippen LogP contribution < -0.4 is 10.2 Å². The summed E-state index contributed by atoms with van der Waals surface area (Å²) in [6.07, 6.45) is 3.24. The van der Waals surface area contributed by atoms with Crippen LogP contribution >= 0.6 is 0 Å². The summed E-state index contributed by atoms with van der Waals surface area (Å²) in [6, 6.07) is 7.16. The second kappa shape index (κ2) is 6.81. The Morgan fingerprint density at radius 1 is 1.35 bits per heavy atom. The highest BCUT2D eigenvalue weighted by Gasteiger charge is 2.25. The van der Waals surface area contributed by atoms with Crippen molar-refractivity contribution in [2.24, 2.45) is 0 Å². The van der Waals surface area contributed by atoms with E-state index in [1.165, 1.54) is 12.1 Å². The molecule has 4 nitrogen and oxygen atoms in total. The molecule has 6 heteroatoms. The molecule has 0 unspecified atom stereocenters. The van der Waals surface area contributed by atoms with Crippen molar-refractivity contribution in [1.82, 2.24) is 5.32 Å². The lowest BCUT2D eigenvalue weighted by Crippen LogP contribution is -2.37. The topological polar surface area (TPSA) is 45.5 Å². The van der Waals surface area contributed by atoms with Crippen LogP contribution in [0.5, 0.6) is 0 Å². The van der Waals surface area contributed by atoms with Gasteiger partial charge in [-0.3, -0.25) is 4.79 Å². The smallest absolute Gasteiger partial charge is 0.220 e. The van der Waals surface area contributed by atoms with Crippen LogP contribution in [0.4, 0.5) is 14.5 Å². The van der Waals surface area contributed by atoms with E-state index in [2.05, 4.69) is 5.32 Å². The number of nitrogens with zero attached hydrogens (tertiary/aromatic N) is 1. The molecule has 1 amide bonds. The summed E-state index contributed by atoms with van der Waals surface area (Å²) in [5.74, 6) is -0.433. The third kappa shape index (κ3) is 3.88. The summed E-state index contributed by atoms with van der Waals surface area (Å²) in [7, 11) is 0. The SMILES string of the molecule is O=C(CCc1ccco1)N[C@@H]1CCN(c2ccc(F)cc2F)C1. The van der Waals surface area contributed by atoms with Gasteiger partial charge in [-0.05, 0) is 30.7 Å². The lowest BCUT2D eigenvalue weighted by atomic mass is 10.2. The van der Waals surface area contributed by atoms with E-state index in [0.29, 0.717) is 31.6 Å². The van der Waals surface area contributed by atoms with Crippen molar-refractivity contribution in [3.63, 3.8) is 0 Å². The van der Waals surface area contributed by atoms with Gasteiger partial charge in [-0.2, -0.15) is 0 Å². The van der Waals surface area contributed by atoms with Crippen LogP contribution in [-0.4, -0.2) is 25.0 Å². The number of furan rings is 1. The second-order valence-corrected chi connectivity index (χ2v) is 5.67. The second-order valence-electron chi connectivity index (χ2n) is 5.67. The van der Waals surface area contributed by atoms with Crippen molar-refractivity contribution in [2.75, 3.05) is 18.0 Å². The fourth-order valence-electron chi connectivity index (χ4n) is 2.83. The first-order chi connectivity index (χ1) is 11.1. The molecule has 0 aliphatic carbocycles. The van der Waals surface area contributed by atoms with Crippen LogP contribution in [0.3, 0.4) is 0 Å². The molecule has 0 bridgehead atoms. The van der Waals surface area contributed by atoms with Gasteiger partial charge in [0.25, 0.3) is 0 Å². The molecule has 1 aromatic carbocycles. The van der Waals surface area contributed by atoms with E-state index in [9.17, 15) is 13.6 Å². The molecule has 2 heterocycles. The van der Waals surface area contributed by atoms with Crippen molar-refractivity contribution in [3.8, 4) is 0 Å². The standard InChI is InChI=1S/C17H18F2N2O2/c18-12-3-5-16(15(19)10-12)21-8-7-13(11-21)20-17(22)6-4-14-2-1-9-23-14/h1-3,5,9-10,13H,4,6-8,11H2,(H,20,22)/t13-/m1/s1. The predicted octanol–water partition coefficient (Wildman–Crippen LogP) is 2.89. The minimum absolute atomic E-state index is 0.0245. The highest BCUT2D eigenvalue weighted by Crippen LogP contribution is 2.24. The van der Waals surface area contributed by atoms with Gasteiger partial charge in [0.05, 0.1) is 12.0 Å². The number of rotatable bonds is 5. The molecule has 1 aliphatic rings. The summed E-state index contributed by atoms with van der Waals surface area (Å²) in [5.41, 5.74) is 0.374. The maximum absolute atomic E-state index is 13.8. The minimum Gasteiger partial charge on any atom is -0.469 e. The number of anilines is 1. The average molecular weight is 320 g/mol. The van der Waals surface area contributed by atoms with E-state index in [1.807, 2.05) is 11.0 Å². The molecule has 1 N–H and O–H groups in total. The van der Waals surface area contributed by atoms with Crippen molar-refractivity contribution < 1.29 is 18.0 Å². The molecule has 0 spiro atoms. The number of carbonyl (C=O) groups is 1. The molecule has 1 fully saturated rings. The van der Waals surface area contributed by atoms with Gasteiger partial charge < -0.3 is 14.6 Å². The molecular formula is C17H18F2N2O2. The molecule has 3 rings (SSSR count). The van der Waals surface area contributed by atoms with E-state index in [4.69, 9.17) is 4.42 Å². The van der Waals surface area contributed by atoms with Crippen molar-refractivity contribution >= 4 is 11.6 Å². The molecule has 1 aliphatic heterocycles. The van der Waals surface area contributed by atoms with Gasteiger partial charge in [0, 0.05) is 38.0 Å². The highest BCUT2D eigenvalue weighted by molar-refractivity contribution is 5.76. The summed E-state index contributed by atoms with van der Waals surface area (Å²) in [5, 5.41) is 2.95. The fraction of sp³-hybridized carbons (Fsp3) is 0.353. The lowest BCUT2D eigenvalue weighted by molar-refractivity contribution is -0.121. The number of halogens is 2. The van der Waals surface area contributed by atoms with Gasteiger partial charge >= 0.3 is 0 Å². The summed E-state index contributed by atoms with van der Waals surface area (Å²) >= 11 is 0. The minimum atomic E-state index is -0.590. The molecule has 122 valence electrons. The number of hydrogen-bond acceptors (Lipinski definition) is 3. The van der Waals surface area contributed by atoms with Gasteiger partial charge in [-0.1, -0.05) is 0 Å². The predicted molar refractivity (Wildman–Crippen MR) is 82.1 cm³/mol. The Labute approximate surface area is 133 Å². The largest absolute Gasteiger partial charge is 0.469 e. The number of carbonyl (C=O) groups excluding carboxylic acids is 1. The third-order valence-electron chi connectivity index (χ3n) is 3.98. The zero-order valence-electron chi connectivity index (χ0n) is 12.6. The van der Waals surface area contributed by atoms with Crippen LogP contribution in [-0.2, 0) is 11.2 Å². The first-order valence-corrected chi connectivity index (χ1v) is 7.63. The van der Waals surface area contributed by atoms with Crippen LogP contribution in [0.1, 0.15) is 18.6 Å². The number of benzene rings is 1. The number of amides is 1. The Kier molecular flexibility index (Phi) is 4.60. The van der Waals surface area contributed by atoms with E-state index in [0.717, 1.165) is 18.2 Å². The Bertz CT molecular complexity index is 673. The maximum atomic E-state index is 13.8. The Morgan fingerprint density at radius 2 is 2.22 bits per heavy atom. The molecule has 0 radical (unpaired) electrons. The number of hydrogen-bond donors (Lipinski definition) is 1. The normalized spacial score (nSPS) is 17.5. The Morgan fingerprint density at radius 3 is 2.96 bits per heavy atom. The Hall–Kier alpha value is -2.37. The highest BCUT2D eigenvalue weighted by atomic mass is 19.1. The number of nitrogens with one attached hydrogen (secondary N) is 1. The zero-order valence-corrected chi connectivity index (χ0v) is 12.6. The van der Waals surface area contributed by atoms with Gasteiger partial charge in [0.2, 0.25) is 5.91 Å². The van der Waals surface area contributed by atoms with Crippen molar-refractivity contribution in [2.45, 2.75) is 25.3 Å². The Balaban J connectivity index is 1.50. The molecule has 0 saturated carbocycles. The summed E-state index contributed by atoms with van der Waals surface area (Å²) in [6.45, 7) is 1.15. The fourth-order valence-corrected chi connectivity index (χ4v) is 2.83. The molecule has 2 aromatic rings. The first kappa shape index (κ1) is 15.5. The molecular weight excluding hydrogens is 302 g/mol. The first-order valence-electron chi connectivity index (χ1n) is 7.63. The van der Waals surface area contributed by atoms with Crippen LogP contribution in [0, 0.1) is 11.6 Å². The molecule has 1 aromatic heterocycles. The van der Waals surface area contributed by atoms with Crippen LogP contribution in [0.25, 0.3) is 0 Å². The quantitative estimate of drug-likeness (QED) is 0.921. The van der Waals surface area contributed by atoms with E-state index in [1.54, 1.807) is 12.3 Å². The lowest BCUT2D eigenvalue weighted by Gasteiger charge is -2.19. The van der Waals surface area contributed by atoms with Gasteiger partial charge in [0.1, 0.15) is 17.4 Å². The average Bonchev–Trinajstić information content (AvgIpc) is 3.17. The van der Waals surface area contributed by atoms with Gasteiger partial charge in [0.15, 0.2) is 0 Å². The van der Waals surface area contributed by atoms with E-state index < -0.39 is 11.6 Å². The molecule has 23 heavy (non-hydrogen) atoms. The van der Waals surface area contributed by atoms with Crippen LogP contribution in [0.15, 0.2) is 41.0 Å². The third-order valence-corrected chi connectivity index (χ3v) is 3.98. The maximum Gasteiger partial charge on any atom is 0.220 e. The zero-order chi connectivity index (χ0) is 16.2. The molecule has 1 saturated heterocycles. The number of aryl methyl sites for hydroxylation is 1. The van der Waals surface area contributed by atoms with Crippen molar-refractivity contribution in [3.05, 3.63) is 54.0 Å². The molecule has 1 atom stereocenters. The van der Waals surface area contributed by atoms with E-state index in [-0.39, 0.29) is 11.9 Å². The van der Waals surface area contributed by atoms with Crippen LogP contribution in [0.2, 0.25) is 0 Å². The monoisotopic (exact) mass is 320 g/mol. The van der Waals surface area contributed by atoms with E-state index >= 15 is 0 Å². The van der Waals surface area contributed by atoms with Gasteiger partial charge in [-0.15, -0.1) is 0 Å². The summed E-state index contributed by atoms with van der Waals surface area (Å²) in [4.78, 5) is 13.8. The van der Waals surface area contributed by atoms with Gasteiger partial charge in [-0.25, -0.2) is 8.78 Å². The van der Waals surface area contributed by atoms with Crippen molar-refractivity contribution in [1.29, 1.82) is 0 Å².